The van der Waals surface area contributed by atoms with Crippen LogP contribution in [0.3, 0.4) is 0 Å². The number of carbonyl (C=O) groups is 2. The van der Waals surface area contributed by atoms with Crippen molar-refractivity contribution in [1.82, 2.24) is 25.2 Å². The van der Waals surface area contributed by atoms with Gasteiger partial charge >= 0.3 is 5.97 Å². The number of carboxylic acid groups (broad SMARTS) is 1. The molecule has 1 unspecified atom stereocenters. The van der Waals surface area contributed by atoms with Crippen molar-refractivity contribution in [3.63, 3.8) is 0 Å². The maximum absolute atomic E-state index is 11.7. The number of nitrogens with one attached hydrogen (secondary N) is 2. The van der Waals surface area contributed by atoms with Crippen LogP contribution in [-0.2, 0) is 4.79 Å². The van der Waals surface area contributed by atoms with E-state index < -0.39 is 17.9 Å². The highest BCUT2D eigenvalue weighted by atomic mass is 32.1. The summed E-state index contributed by atoms with van der Waals surface area (Å²) in [6.07, 6.45) is 0. The van der Waals surface area contributed by atoms with Gasteiger partial charge in [0.2, 0.25) is 11.9 Å². The number of likely N-dealkylation sites (N-methyl/N-ethyl adjacent to an activating group) is 1. The van der Waals surface area contributed by atoms with Crippen LogP contribution >= 0.6 is 11.3 Å². The largest absolute Gasteiger partial charge is 0.477 e. The number of nitrogens with two attached hydrogens (primary N) is 1. The van der Waals surface area contributed by atoms with Gasteiger partial charge in [0.15, 0.2) is 5.13 Å². The van der Waals surface area contributed by atoms with Crippen LogP contribution in [0.2, 0.25) is 0 Å². The Morgan fingerprint density at radius 1 is 1.16 bits per heavy atom. The Labute approximate surface area is 189 Å². The lowest BCUT2D eigenvalue weighted by atomic mass is 10.2. The number of nitrogens with zero attached hydrogens (tertiary/aromatic N) is 6. The smallest absolute Gasteiger partial charge is 0.347 e. The van der Waals surface area contributed by atoms with Gasteiger partial charge in [0.25, 0.3) is 0 Å². The zero-order valence-corrected chi connectivity index (χ0v) is 18.9. The van der Waals surface area contributed by atoms with E-state index in [4.69, 9.17) is 5.73 Å². The molecule has 2 fully saturated rings. The highest BCUT2D eigenvalue weighted by molar-refractivity contribution is 7.17. The van der Waals surface area contributed by atoms with Crippen LogP contribution in [0.4, 0.5) is 22.7 Å². The molecule has 2 saturated heterocycles. The third kappa shape index (κ3) is 4.89. The lowest BCUT2D eigenvalue weighted by molar-refractivity contribution is -0.120. The Kier molecular flexibility index (Phi) is 6.39. The average Bonchev–Trinajstić information content (AvgIpc) is 3.14. The number of primary amides is 1. The number of piperazine rings is 2. The molecule has 2 aliphatic rings. The van der Waals surface area contributed by atoms with E-state index in [0.29, 0.717) is 42.2 Å². The fourth-order valence-corrected chi connectivity index (χ4v) is 4.53. The molecule has 13 heteroatoms. The summed E-state index contributed by atoms with van der Waals surface area (Å²) in [5.41, 5.74) is 5.94. The molecule has 12 nitrogen and oxygen atoms in total. The summed E-state index contributed by atoms with van der Waals surface area (Å²) in [5, 5.41) is 15.9. The zero-order valence-electron chi connectivity index (χ0n) is 18.0. The number of anilines is 4. The molecular formula is C19H27N9O3S. The quantitative estimate of drug-likeness (QED) is 0.448. The first-order valence-corrected chi connectivity index (χ1v) is 11.2. The maximum Gasteiger partial charge on any atom is 0.347 e. The van der Waals surface area contributed by atoms with Crippen LogP contribution in [-0.4, -0.2) is 95.7 Å². The van der Waals surface area contributed by atoms with E-state index >= 15 is 0 Å². The van der Waals surface area contributed by atoms with Crippen LogP contribution in [0.15, 0.2) is 6.07 Å². The number of hydrogen-bond acceptors (Lipinski definition) is 11. The van der Waals surface area contributed by atoms with Gasteiger partial charge in [0.1, 0.15) is 22.6 Å². The minimum atomic E-state index is -1.01. The van der Waals surface area contributed by atoms with Crippen molar-refractivity contribution < 1.29 is 14.7 Å². The fraction of sp³-hybridized carbons (Fsp3) is 0.526. The van der Waals surface area contributed by atoms with E-state index in [-0.39, 0.29) is 4.88 Å². The number of carbonyl (C=O) groups excluding carboxylic acids is 1. The van der Waals surface area contributed by atoms with Crippen molar-refractivity contribution in [3.8, 4) is 0 Å². The summed E-state index contributed by atoms with van der Waals surface area (Å²) in [5.74, 6) is 0.360. The van der Waals surface area contributed by atoms with Gasteiger partial charge in [-0.15, -0.1) is 0 Å². The fourth-order valence-electron chi connectivity index (χ4n) is 3.73. The molecule has 4 heterocycles. The summed E-state index contributed by atoms with van der Waals surface area (Å²) in [6, 6.07) is 1.47. The van der Waals surface area contributed by atoms with E-state index in [0.717, 1.165) is 43.3 Å². The van der Waals surface area contributed by atoms with E-state index in [1.807, 2.05) is 11.0 Å². The summed E-state index contributed by atoms with van der Waals surface area (Å²) in [6.45, 7) is 6.85. The average molecular weight is 462 g/mol. The Hall–Kier alpha value is -3.03. The van der Waals surface area contributed by atoms with Gasteiger partial charge in [-0.3, -0.25) is 10.1 Å². The first kappa shape index (κ1) is 22.2. The van der Waals surface area contributed by atoms with Gasteiger partial charge in [0, 0.05) is 51.9 Å². The second kappa shape index (κ2) is 9.22. The van der Waals surface area contributed by atoms with Crippen molar-refractivity contribution in [1.29, 1.82) is 0 Å². The van der Waals surface area contributed by atoms with Crippen molar-refractivity contribution in [3.05, 3.63) is 16.6 Å². The number of thiazole rings is 1. The van der Waals surface area contributed by atoms with E-state index in [9.17, 15) is 14.7 Å². The van der Waals surface area contributed by atoms with Gasteiger partial charge in [-0.2, -0.15) is 9.97 Å². The second-order valence-electron chi connectivity index (χ2n) is 7.92. The SMILES string of the molecule is Cc1nc(Nc2nc(N3CCN(C)CC3)cc(N3CCNC(C(N)=O)C3)n2)sc1C(=O)O. The number of aromatic carboxylic acids is 1. The molecule has 2 aromatic heterocycles. The molecule has 0 spiro atoms. The molecular weight excluding hydrogens is 434 g/mol. The van der Waals surface area contributed by atoms with Crippen LogP contribution in [0, 0.1) is 6.92 Å². The maximum atomic E-state index is 11.7. The summed E-state index contributed by atoms with van der Waals surface area (Å²) >= 11 is 1.04. The van der Waals surface area contributed by atoms with Crippen LogP contribution in [0.25, 0.3) is 0 Å². The van der Waals surface area contributed by atoms with Gasteiger partial charge in [0.05, 0.1) is 5.69 Å². The van der Waals surface area contributed by atoms with Gasteiger partial charge in [-0.25, -0.2) is 9.78 Å². The number of amides is 1. The van der Waals surface area contributed by atoms with Gasteiger partial charge in [-0.1, -0.05) is 11.3 Å². The number of rotatable bonds is 6. The number of aryl methyl sites for hydroxylation is 1. The number of hydrogen-bond donors (Lipinski definition) is 4. The van der Waals surface area contributed by atoms with Crippen LogP contribution in [0.1, 0.15) is 15.4 Å². The van der Waals surface area contributed by atoms with Gasteiger partial charge < -0.3 is 30.9 Å². The molecule has 0 aromatic carbocycles. The van der Waals surface area contributed by atoms with Crippen LogP contribution < -0.4 is 26.2 Å². The molecule has 0 saturated carbocycles. The lowest BCUT2D eigenvalue weighted by Crippen LogP contribution is -2.56. The van der Waals surface area contributed by atoms with Crippen LogP contribution in [0.5, 0.6) is 0 Å². The molecule has 5 N–H and O–H groups in total. The third-order valence-corrected chi connectivity index (χ3v) is 6.64. The second-order valence-corrected chi connectivity index (χ2v) is 8.92. The Morgan fingerprint density at radius 2 is 1.84 bits per heavy atom. The highest BCUT2D eigenvalue weighted by Crippen LogP contribution is 2.28. The lowest BCUT2D eigenvalue weighted by Gasteiger charge is -2.35. The van der Waals surface area contributed by atoms with E-state index in [1.165, 1.54) is 0 Å². The standard InChI is InChI=1S/C19H27N9O3S/c1-11-15(17(30)31)32-19(22-11)25-18-23-13(27-7-5-26(2)6-8-27)9-14(24-18)28-4-3-21-12(10-28)16(20)29/h9,12,21H,3-8,10H2,1-2H3,(H2,20,29)(H,30,31)(H,22,23,24,25). The molecule has 2 aromatic rings. The predicted molar refractivity (Wildman–Crippen MR) is 122 cm³/mol. The minimum Gasteiger partial charge on any atom is -0.477 e. The molecule has 32 heavy (non-hydrogen) atoms. The minimum absolute atomic E-state index is 0.175. The summed E-state index contributed by atoms with van der Waals surface area (Å²) in [4.78, 5) is 43.3. The van der Waals surface area contributed by atoms with E-state index in [2.05, 4.69) is 42.4 Å². The first-order chi connectivity index (χ1) is 15.3. The summed E-state index contributed by atoms with van der Waals surface area (Å²) < 4.78 is 0. The Morgan fingerprint density at radius 3 is 2.47 bits per heavy atom. The van der Waals surface area contributed by atoms with Gasteiger partial charge in [-0.05, 0) is 14.0 Å². The molecule has 0 bridgehead atoms. The molecule has 172 valence electrons. The molecule has 2 aliphatic heterocycles. The topological polar surface area (TPSA) is 153 Å². The zero-order chi connectivity index (χ0) is 22.8. The third-order valence-electron chi connectivity index (χ3n) is 5.58. The molecule has 1 amide bonds. The van der Waals surface area contributed by atoms with Crippen molar-refractivity contribution in [2.75, 3.05) is 68.0 Å². The summed E-state index contributed by atoms with van der Waals surface area (Å²) in [7, 11) is 2.09. The molecule has 1 atom stereocenters. The highest BCUT2D eigenvalue weighted by Gasteiger charge is 2.26. The van der Waals surface area contributed by atoms with Crippen molar-refractivity contribution >= 4 is 45.9 Å². The molecule has 4 rings (SSSR count). The number of aromatic nitrogens is 3. The monoisotopic (exact) mass is 461 g/mol. The van der Waals surface area contributed by atoms with Crippen molar-refractivity contribution in [2.24, 2.45) is 5.73 Å². The number of carboxylic acids is 1. The van der Waals surface area contributed by atoms with Crippen molar-refractivity contribution in [2.45, 2.75) is 13.0 Å². The van der Waals surface area contributed by atoms with E-state index in [1.54, 1.807) is 6.92 Å². The molecule has 0 aliphatic carbocycles. The molecule has 0 radical (unpaired) electrons. The Bertz CT molecular complexity index is 1010. The first-order valence-electron chi connectivity index (χ1n) is 10.4. The normalized spacial score (nSPS) is 19.8. The predicted octanol–water partition coefficient (Wildman–Crippen LogP) is -0.301. The Balaban J connectivity index is 1.65.